The largest absolute Gasteiger partial charge is 0.340 e. The molecule has 0 radical (unpaired) electrons. The molecule has 17 heavy (non-hydrogen) atoms. The van der Waals surface area contributed by atoms with Gasteiger partial charge in [0.1, 0.15) is 5.41 Å². The van der Waals surface area contributed by atoms with Crippen LogP contribution >= 0.6 is 0 Å². The summed E-state index contributed by atoms with van der Waals surface area (Å²) in [6, 6.07) is 3.38. The summed E-state index contributed by atoms with van der Waals surface area (Å²) in [6.45, 7) is 1.67. The van der Waals surface area contributed by atoms with Gasteiger partial charge in [0.2, 0.25) is 5.91 Å². The number of fused-ring (bicyclic) bond motifs is 2. The summed E-state index contributed by atoms with van der Waals surface area (Å²) < 4.78 is 0. The summed E-state index contributed by atoms with van der Waals surface area (Å²) in [7, 11) is 2.17. The van der Waals surface area contributed by atoms with Crippen LogP contribution < -0.4 is 0 Å². The first-order valence-electron chi connectivity index (χ1n) is 6.59. The van der Waals surface area contributed by atoms with Crippen LogP contribution in [0.5, 0.6) is 0 Å². The molecule has 2 heterocycles. The van der Waals surface area contributed by atoms with Crippen LogP contribution in [0.15, 0.2) is 0 Å². The lowest BCUT2D eigenvalue weighted by molar-refractivity contribution is -0.135. The Labute approximate surface area is 102 Å². The van der Waals surface area contributed by atoms with Gasteiger partial charge < -0.3 is 4.90 Å². The molecule has 92 valence electrons. The maximum Gasteiger partial charge on any atom is 0.243 e. The molecule has 0 aromatic carbocycles. The molecule has 3 aliphatic rings. The monoisotopic (exact) mass is 233 g/mol. The minimum atomic E-state index is -0.637. The molecule has 1 aliphatic carbocycles. The smallest absolute Gasteiger partial charge is 0.243 e. The number of likely N-dealkylation sites (N-methyl/N-ethyl adjacent to an activating group) is 1. The Morgan fingerprint density at radius 3 is 2.65 bits per heavy atom. The number of nitrogens with zero attached hydrogens (tertiary/aromatic N) is 3. The molecule has 3 rings (SSSR count). The molecule has 0 aromatic rings. The Morgan fingerprint density at radius 1 is 1.29 bits per heavy atom. The van der Waals surface area contributed by atoms with Crippen LogP contribution in [0.2, 0.25) is 0 Å². The third-order valence-corrected chi connectivity index (χ3v) is 4.81. The van der Waals surface area contributed by atoms with Gasteiger partial charge in [-0.05, 0) is 39.2 Å². The number of carbonyl (C=O) groups excluding carboxylic acids is 1. The fourth-order valence-corrected chi connectivity index (χ4v) is 3.29. The molecule has 0 N–H and O–H groups in total. The van der Waals surface area contributed by atoms with E-state index in [9.17, 15) is 4.79 Å². The molecule has 1 saturated carbocycles. The highest BCUT2D eigenvalue weighted by Crippen LogP contribution is 2.47. The summed E-state index contributed by atoms with van der Waals surface area (Å²) >= 11 is 0. The molecule has 2 saturated heterocycles. The van der Waals surface area contributed by atoms with Gasteiger partial charge >= 0.3 is 0 Å². The molecular weight excluding hydrogens is 214 g/mol. The zero-order chi connectivity index (χ0) is 12.0. The van der Waals surface area contributed by atoms with Crippen LogP contribution in [-0.2, 0) is 4.79 Å². The van der Waals surface area contributed by atoms with Crippen molar-refractivity contribution in [3.05, 3.63) is 0 Å². The van der Waals surface area contributed by atoms with Gasteiger partial charge in [-0.3, -0.25) is 9.69 Å². The fourth-order valence-electron chi connectivity index (χ4n) is 3.29. The second-order valence-electron chi connectivity index (χ2n) is 5.78. The van der Waals surface area contributed by atoms with Crippen molar-refractivity contribution in [2.24, 2.45) is 5.41 Å². The topological polar surface area (TPSA) is 47.3 Å². The SMILES string of the molecule is CN1C2CCC1CN(C(=O)C1(C#N)CC1)CC2. The molecule has 4 nitrogen and oxygen atoms in total. The Kier molecular flexibility index (Phi) is 2.41. The molecule has 3 fully saturated rings. The number of nitriles is 1. The molecular formula is C13H19N3O. The Balaban J connectivity index is 1.74. The Morgan fingerprint density at radius 2 is 2.00 bits per heavy atom. The van der Waals surface area contributed by atoms with E-state index in [0.717, 1.165) is 32.4 Å². The van der Waals surface area contributed by atoms with Crippen molar-refractivity contribution in [3.8, 4) is 6.07 Å². The maximum atomic E-state index is 12.3. The normalized spacial score (nSPS) is 35.2. The van der Waals surface area contributed by atoms with E-state index in [1.807, 2.05) is 4.90 Å². The highest BCUT2D eigenvalue weighted by molar-refractivity contribution is 5.88. The minimum absolute atomic E-state index is 0.0981. The van der Waals surface area contributed by atoms with E-state index in [1.54, 1.807) is 0 Å². The average molecular weight is 233 g/mol. The van der Waals surface area contributed by atoms with Gasteiger partial charge in [0, 0.05) is 25.2 Å². The first-order valence-corrected chi connectivity index (χ1v) is 6.59. The van der Waals surface area contributed by atoms with Gasteiger partial charge in [-0.25, -0.2) is 0 Å². The van der Waals surface area contributed by atoms with Crippen molar-refractivity contribution >= 4 is 5.91 Å². The fraction of sp³-hybridized carbons (Fsp3) is 0.846. The van der Waals surface area contributed by atoms with Gasteiger partial charge in [-0.1, -0.05) is 0 Å². The average Bonchev–Trinajstić information content (AvgIpc) is 3.04. The number of hydrogen-bond acceptors (Lipinski definition) is 3. The van der Waals surface area contributed by atoms with E-state index >= 15 is 0 Å². The molecule has 2 bridgehead atoms. The summed E-state index contributed by atoms with van der Waals surface area (Å²) in [4.78, 5) is 16.7. The first-order chi connectivity index (χ1) is 8.16. The lowest BCUT2D eigenvalue weighted by Gasteiger charge is -2.27. The van der Waals surface area contributed by atoms with Crippen molar-refractivity contribution in [2.75, 3.05) is 20.1 Å². The van der Waals surface area contributed by atoms with Crippen LogP contribution in [0.25, 0.3) is 0 Å². The van der Waals surface area contributed by atoms with Crippen molar-refractivity contribution < 1.29 is 4.79 Å². The minimum Gasteiger partial charge on any atom is -0.340 e. The third kappa shape index (κ3) is 1.64. The Bertz CT molecular complexity index is 383. The molecule has 2 aliphatic heterocycles. The number of carbonyl (C=O) groups is 1. The van der Waals surface area contributed by atoms with Crippen molar-refractivity contribution in [1.29, 1.82) is 5.26 Å². The van der Waals surface area contributed by atoms with Crippen LogP contribution in [0, 0.1) is 16.7 Å². The van der Waals surface area contributed by atoms with Crippen molar-refractivity contribution in [3.63, 3.8) is 0 Å². The molecule has 0 aromatic heterocycles. The quantitative estimate of drug-likeness (QED) is 0.678. The molecule has 4 heteroatoms. The second kappa shape index (κ2) is 3.71. The summed E-state index contributed by atoms with van der Waals surface area (Å²) in [5.74, 6) is 0.0981. The van der Waals surface area contributed by atoms with E-state index in [2.05, 4.69) is 18.0 Å². The molecule has 2 unspecified atom stereocenters. The predicted molar refractivity (Wildman–Crippen MR) is 63.1 cm³/mol. The summed E-state index contributed by atoms with van der Waals surface area (Å²) in [5.41, 5.74) is -0.637. The number of amides is 1. The first kappa shape index (κ1) is 11.0. The zero-order valence-electron chi connectivity index (χ0n) is 10.4. The number of hydrogen-bond donors (Lipinski definition) is 0. The third-order valence-electron chi connectivity index (χ3n) is 4.81. The lowest BCUT2D eigenvalue weighted by atomic mass is 10.0. The van der Waals surface area contributed by atoms with Gasteiger partial charge in [-0.2, -0.15) is 5.26 Å². The van der Waals surface area contributed by atoms with Gasteiger partial charge in [0.15, 0.2) is 0 Å². The highest BCUT2D eigenvalue weighted by Gasteiger charge is 2.53. The van der Waals surface area contributed by atoms with Crippen molar-refractivity contribution in [1.82, 2.24) is 9.80 Å². The van der Waals surface area contributed by atoms with Crippen LogP contribution in [-0.4, -0.2) is 47.9 Å². The maximum absolute atomic E-state index is 12.3. The number of likely N-dealkylation sites (tertiary alicyclic amines) is 1. The van der Waals surface area contributed by atoms with Gasteiger partial charge in [0.25, 0.3) is 0 Å². The Hall–Kier alpha value is -1.08. The van der Waals surface area contributed by atoms with Crippen LogP contribution in [0.4, 0.5) is 0 Å². The summed E-state index contributed by atoms with van der Waals surface area (Å²) in [5, 5.41) is 9.10. The van der Waals surface area contributed by atoms with Crippen LogP contribution in [0.3, 0.4) is 0 Å². The zero-order valence-corrected chi connectivity index (χ0v) is 10.4. The van der Waals surface area contributed by atoms with E-state index in [0.29, 0.717) is 12.1 Å². The van der Waals surface area contributed by atoms with E-state index in [1.165, 1.54) is 12.8 Å². The standard InChI is InChI=1S/C13H19N3O/c1-15-10-2-3-11(15)8-16(7-4-10)12(17)13(9-14)5-6-13/h10-11H,2-8H2,1H3. The predicted octanol–water partition coefficient (Wildman–Crippen LogP) is 0.985. The second-order valence-corrected chi connectivity index (χ2v) is 5.78. The molecule has 0 spiro atoms. The molecule has 2 atom stereocenters. The van der Waals surface area contributed by atoms with E-state index in [4.69, 9.17) is 5.26 Å². The van der Waals surface area contributed by atoms with Gasteiger partial charge in [0.05, 0.1) is 6.07 Å². The molecule has 1 amide bonds. The highest BCUT2D eigenvalue weighted by atomic mass is 16.2. The van der Waals surface area contributed by atoms with Crippen LogP contribution in [0.1, 0.15) is 32.1 Å². The van der Waals surface area contributed by atoms with Crippen molar-refractivity contribution in [2.45, 2.75) is 44.2 Å². The lowest BCUT2D eigenvalue weighted by Crippen LogP contribution is -2.42. The van der Waals surface area contributed by atoms with E-state index in [-0.39, 0.29) is 5.91 Å². The number of rotatable bonds is 1. The summed E-state index contributed by atoms with van der Waals surface area (Å²) in [6.07, 6.45) is 5.07. The van der Waals surface area contributed by atoms with Gasteiger partial charge in [-0.15, -0.1) is 0 Å². The van der Waals surface area contributed by atoms with E-state index < -0.39 is 5.41 Å².